The zero-order valence-corrected chi connectivity index (χ0v) is 53.7. The zero-order chi connectivity index (χ0) is 62.2. The molecule has 3 rings (SSSR count). The summed E-state index contributed by atoms with van der Waals surface area (Å²) in [4.78, 5) is 3.46. The summed E-state index contributed by atoms with van der Waals surface area (Å²) in [6.45, 7) is 22.9. The highest BCUT2D eigenvalue weighted by molar-refractivity contribution is 6.03. The van der Waals surface area contributed by atoms with E-state index in [1.54, 1.807) is 0 Å². The highest BCUT2D eigenvalue weighted by Crippen LogP contribution is 2.30. The molecule has 0 saturated carbocycles. The lowest BCUT2D eigenvalue weighted by Gasteiger charge is -2.15. The van der Waals surface area contributed by atoms with Crippen LogP contribution >= 0.6 is 0 Å². The molecule has 1 aliphatic carbocycles. The summed E-state index contributed by atoms with van der Waals surface area (Å²) in [6.07, 6.45) is 8.54. The Hall–Kier alpha value is -3.46. The monoisotopic (exact) mass is 1290 g/mol. The molecular weight excluding hydrogens is 1180 g/mol. The Kier molecular flexibility index (Phi) is 59.3. The lowest BCUT2D eigenvalue weighted by atomic mass is 9.90. The number of hydrogen-bond donors (Lipinski definition) is 4. The fourth-order valence-electron chi connectivity index (χ4n) is 7.56. The highest BCUT2D eigenvalue weighted by Gasteiger charge is 2.13. The molecule has 0 unspecified atom stereocenters. The Morgan fingerprint density at radius 2 is 0.539 bits per heavy atom. The maximum atomic E-state index is 8.64. The minimum Gasteiger partial charge on any atom is -1.00 e. The van der Waals surface area contributed by atoms with E-state index in [2.05, 4.69) is 90.1 Å². The molecule has 89 heavy (non-hydrogen) atoms. The van der Waals surface area contributed by atoms with E-state index < -0.39 is 0 Å². The number of rotatable bonds is 67. The van der Waals surface area contributed by atoms with Crippen molar-refractivity contribution in [3.63, 3.8) is 0 Å². The third-order valence-corrected chi connectivity index (χ3v) is 12.0. The average molecular weight is 1290 g/mol. The normalized spacial score (nSPS) is 12.2. The number of aliphatic hydroxyl groups is 2. The predicted molar refractivity (Wildman–Crippen MR) is 332 cm³/mol. The van der Waals surface area contributed by atoms with E-state index in [0.717, 1.165) is 33.7 Å². The Morgan fingerprint density at radius 1 is 0.303 bits per heavy atom. The van der Waals surface area contributed by atoms with Crippen molar-refractivity contribution < 1.29 is 122 Å². The number of ether oxygens (including phenoxy) is 20. The van der Waals surface area contributed by atoms with Gasteiger partial charge >= 0.3 is 0 Å². The topological polar surface area (TPSA) is 251 Å². The molecule has 4 N–H and O–H groups in total. The summed E-state index contributed by atoms with van der Waals surface area (Å²) in [6, 6.07) is 17.2. The summed E-state index contributed by atoms with van der Waals surface area (Å²) in [5, 5.41) is 20.7. The fraction of sp³-hybridized carbons (Fsp3) is 0.703. The van der Waals surface area contributed by atoms with Crippen molar-refractivity contribution in [3.8, 4) is 0 Å². The average Bonchev–Trinajstić information content (AvgIpc) is 1.89. The van der Waals surface area contributed by atoms with Crippen molar-refractivity contribution in [1.29, 1.82) is 0 Å². The highest BCUT2D eigenvalue weighted by atomic mass is 35.5. The van der Waals surface area contributed by atoms with Gasteiger partial charge in [-0.25, -0.2) is 4.99 Å². The van der Waals surface area contributed by atoms with Gasteiger partial charge in [0, 0.05) is 24.4 Å². The van der Waals surface area contributed by atoms with Crippen LogP contribution in [0.2, 0.25) is 0 Å². The van der Waals surface area contributed by atoms with Gasteiger partial charge < -0.3 is 123 Å². The molecule has 512 valence electrons. The molecule has 0 aromatic heterocycles. The minimum absolute atomic E-state index is 0. The van der Waals surface area contributed by atoms with E-state index in [1.807, 2.05) is 0 Å². The Labute approximate surface area is 535 Å². The van der Waals surface area contributed by atoms with Crippen LogP contribution in [0.15, 0.2) is 78.4 Å². The van der Waals surface area contributed by atoms with Crippen molar-refractivity contribution in [2.24, 2.45) is 0 Å². The molecule has 2 aromatic rings. The largest absolute Gasteiger partial charge is 1.00 e. The van der Waals surface area contributed by atoms with Gasteiger partial charge in [0.25, 0.3) is 0 Å². The fourth-order valence-corrected chi connectivity index (χ4v) is 7.56. The van der Waals surface area contributed by atoms with Gasteiger partial charge in [-0.3, -0.25) is 0 Å². The van der Waals surface area contributed by atoms with Crippen LogP contribution in [0.25, 0.3) is 5.57 Å². The molecule has 1 aliphatic rings. The van der Waals surface area contributed by atoms with Crippen LogP contribution in [0, 0.1) is 6.92 Å². The van der Waals surface area contributed by atoms with E-state index in [9.17, 15) is 0 Å². The van der Waals surface area contributed by atoms with Crippen LogP contribution < -0.4 is 22.7 Å². The van der Waals surface area contributed by atoms with E-state index in [-0.39, 0.29) is 25.6 Å². The van der Waals surface area contributed by atoms with E-state index in [1.165, 1.54) is 5.56 Å². The first-order valence-corrected chi connectivity index (χ1v) is 31.1. The second-order valence-corrected chi connectivity index (χ2v) is 18.9. The van der Waals surface area contributed by atoms with Crippen LogP contribution in [-0.2, 0) is 94.7 Å². The van der Waals surface area contributed by atoms with E-state index in [4.69, 9.17) is 105 Å². The first kappa shape index (κ1) is 81.6. The summed E-state index contributed by atoms with van der Waals surface area (Å²) in [5.74, 6) is 0. The molecular formula is C64H107ClN2O22. The number of halogens is 1. The minimum atomic E-state index is 0. The van der Waals surface area contributed by atoms with Gasteiger partial charge in [-0.2, -0.15) is 0 Å². The van der Waals surface area contributed by atoms with E-state index >= 15 is 0 Å². The van der Waals surface area contributed by atoms with Crippen molar-refractivity contribution in [1.82, 2.24) is 0 Å². The smallest absolute Gasteiger partial charge is 0.198 e. The van der Waals surface area contributed by atoms with Gasteiger partial charge in [-0.05, 0) is 53.5 Å². The lowest BCUT2D eigenvalue weighted by molar-refractivity contribution is -0.459. The zero-order valence-electron chi connectivity index (χ0n) is 53.0. The molecule has 0 bridgehead atoms. The van der Waals surface area contributed by atoms with Gasteiger partial charge in [0.2, 0.25) is 0 Å². The van der Waals surface area contributed by atoms with Crippen LogP contribution in [0.5, 0.6) is 0 Å². The number of nitrogens with one attached hydrogen (secondary N) is 2. The number of aliphatic hydroxyl groups excluding tert-OH is 2. The summed E-state index contributed by atoms with van der Waals surface area (Å²) >= 11 is 0. The number of hydrogen-bond acceptors (Lipinski definition) is 23. The van der Waals surface area contributed by atoms with Crippen molar-refractivity contribution in [2.45, 2.75) is 6.92 Å². The van der Waals surface area contributed by atoms with Gasteiger partial charge in [-0.15, -0.1) is 0 Å². The number of aryl methyl sites for hydroxylation is 1. The number of allylic oxidation sites excluding steroid dienone is 5. The van der Waals surface area contributed by atoms with Gasteiger partial charge in [0.15, 0.2) is 12.3 Å². The van der Waals surface area contributed by atoms with Crippen LogP contribution in [-0.4, -0.2) is 307 Å². The first-order valence-electron chi connectivity index (χ1n) is 31.1. The number of anilines is 1. The van der Waals surface area contributed by atoms with Crippen molar-refractivity contribution in [2.75, 3.05) is 296 Å². The van der Waals surface area contributed by atoms with Gasteiger partial charge in [0.1, 0.15) is 6.61 Å². The molecule has 25 heteroatoms. The summed E-state index contributed by atoms with van der Waals surface area (Å²) in [7, 11) is 0. The van der Waals surface area contributed by atoms with Gasteiger partial charge in [-0.1, -0.05) is 42.0 Å². The van der Waals surface area contributed by atoms with E-state index in [0.29, 0.717) is 277 Å². The first-order chi connectivity index (χ1) is 43.7. The van der Waals surface area contributed by atoms with Crippen molar-refractivity contribution >= 4 is 17.0 Å². The third-order valence-electron chi connectivity index (χ3n) is 12.0. The molecule has 0 aliphatic heterocycles. The van der Waals surface area contributed by atoms with Crippen LogP contribution in [0.1, 0.15) is 16.7 Å². The summed E-state index contributed by atoms with van der Waals surface area (Å²) < 4.78 is 110. The lowest BCUT2D eigenvalue weighted by Crippen LogP contribution is -3.00. The van der Waals surface area contributed by atoms with Crippen molar-refractivity contribution in [3.05, 3.63) is 95.1 Å². The molecule has 0 heterocycles. The Balaban J connectivity index is 0.0000270. The molecule has 0 radical (unpaired) electrons. The molecule has 0 spiro atoms. The Bertz CT molecular complexity index is 1940. The molecule has 24 nitrogen and oxygen atoms in total. The maximum absolute atomic E-state index is 8.64. The summed E-state index contributed by atoms with van der Waals surface area (Å²) in [5.41, 5.74) is 7.83. The third kappa shape index (κ3) is 50.7. The second kappa shape index (κ2) is 64.6. The molecule has 2 aromatic carbocycles. The number of benzene rings is 2. The predicted octanol–water partition coefficient (Wildman–Crippen LogP) is -0.823. The second-order valence-electron chi connectivity index (χ2n) is 18.9. The SMILES string of the molecule is Cc1ccc(C(=C2C=CC(=[NH+]CCOCCOCCOCCOCCOCCOCCOCCOCCOCCOCCO)C=C2)c2ccc(NCCOCCOCCOCCOCCOCCOCCOCCOCCOCCOCCO)cc2)cc1.[Cl-]. The quantitative estimate of drug-likeness (QED) is 0.0591. The Morgan fingerprint density at radius 3 is 0.809 bits per heavy atom. The van der Waals surface area contributed by atoms with Gasteiger partial charge in [0.05, 0.1) is 271 Å². The van der Waals surface area contributed by atoms with Crippen LogP contribution in [0.3, 0.4) is 0 Å². The molecule has 0 atom stereocenters. The molecule has 0 amide bonds. The molecule has 0 saturated heterocycles. The molecule has 0 fully saturated rings. The standard InChI is InChI=1S/C64H106N2O22.ClH/c1-58-2-4-59(5-3-58)64(60-6-10-62(11-7-60)65-14-18-69-22-26-73-30-34-77-38-42-81-46-50-85-54-56-87-52-48-83-44-40-79-36-32-75-28-24-71-20-16-67)61-8-12-63(13-9-61)66-15-19-70-23-27-74-31-35-78-39-43-82-47-51-86-55-57-88-53-49-84-45-41-80-37-33-76-29-25-72-21-17-68;/h2-13,65,67-68H,14-57H2,1H3;1H. The van der Waals surface area contributed by atoms with Crippen LogP contribution in [0.4, 0.5) is 5.69 Å². The maximum Gasteiger partial charge on any atom is 0.198 e.